The predicted octanol–water partition coefficient (Wildman–Crippen LogP) is 4.37. The van der Waals surface area contributed by atoms with Gasteiger partial charge in [-0.1, -0.05) is 62.4 Å². The zero-order chi connectivity index (χ0) is 22.0. The number of nitrogens with zero attached hydrogens (tertiary/aromatic N) is 2. The Labute approximate surface area is 183 Å². The number of nitrogens with one attached hydrogen (secondary N) is 1. The van der Waals surface area contributed by atoms with Crippen LogP contribution < -0.4 is 5.32 Å². The van der Waals surface area contributed by atoms with Crippen LogP contribution in [0.5, 0.6) is 0 Å². The molecule has 1 aromatic heterocycles. The van der Waals surface area contributed by atoms with Gasteiger partial charge in [-0.2, -0.15) is 0 Å². The molecule has 3 amide bonds. The highest BCUT2D eigenvalue weighted by Crippen LogP contribution is 2.32. The van der Waals surface area contributed by atoms with Crippen LogP contribution in [0.25, 0.3) is 0 Å². The third-order valence-electron chi connectivity index (χ3n) is 6.81. The summed E-state index contributed by atoms with van der Waals surface area (Å²) in [4.78, 5) is 40.1. The third kappa shape index (κ3) is 4.16. The maximum absolute atomic E-state index is 13.2. The summed E-state index contributed by atoms with van der Waals surface area (Å²) < 4.78 is 2.10. The zero-order valence-corrected chi connectivity index (χ0v) is 18.4. The lowest BCUT2D eigenvalue weighted by molar-refractivity contribution is -0.131. The SMILES string of the molecule is Cc1cc(C(=O)CN2C(=O)NC3(CCCCCCC3)C2=O)c(C)n1Cc1ccccc1. The Bertz CT molecular complexity index is 985. The van der Waals surface area contributed by atoms with E-state index in [9.17, 15) is 14.4 Å². The van der Waals surface area contributed by atoms with Crippen molar-refractivity contribution >= 4 is 17.7 Å². The summed E-state index contributed by atoms with van der Waals surface area (Å²) >= 11 is 0. The van der Waals surface area contributed by atoms with Gasteiger partial charge in [0.15, 0.2) is 5.78 Å². The van der Waals surface area contributed by atoms with Crippen molar-refractivity contribution in [3.05, 3.63) is 58.9 Å². The van der Waals surface area contributed by atoms with E-state index in [4.69, 9.17) is 0 Å². The van der Waals surface area contributed by atoms with Gasteiger partial charge in [-0.3, -0.25) is 14.5 Å². The van der Waals surface area contributed by atoms with E-state index in [2.05, 4.69) is 22.0 Å². The molecule has 0 bridgehead atoms. The average Bonchev–Trinajstić information content (AvgIpc) is 3.14. The first-order valence-electron chi connectivity index (χ1n) is 11.3. The number of rotatable bonds is 5. The number of imide groups is 1. The fraction of sp³-hybridized carbons (Fsp3) is 0.480. The van der Waals surface area contributed by atoms with Crippen molar-refractivity contribution < 1.29 is 14.4 Å². The molecule has 6 heteroatoms. The number of carbonyl (C=O) groups is 3. The predicted molar refractivity (Wildman–Crippen MR) is 119 cm³/mol. The normalized spacial score (nSPS) is 18.7. The van der Waals surface area contributed by atoms with Crippen molar-refractivity contribution in [3.63, 3.8) is 0 Å². The Morgan fingerprint density at radius 2 is 1.65 bits per heavy atom. The highest BCUT2D eigenvalue weighted by molar-refractivity contribution is 6.11. The second kappa shape index (κ2) is 8.69. The van der Waals surface area contributed by atoms with Crippen LogP contribution in [-0.4, -0.2) is 39.3 Å². The number of hydrogen-bond donors (Lipinski definition) is 1. The second-order valence-corrected chi connectivity index (χ2v) is 8.95. The number of aromatic nitrogens is 1. The molecule has 1 saturated heterocycles. The highest BCUT2D eigenvalue weighted by atomic mass is 16.2. The van der Waals surface area contributed by atoms with E-state index < -0.39 is 11.6 Å². The van der Waals surface area contributed by atoms with Crippen LogP contribution in [0.3, 0.4) is 0 Å². The molecule has 2 aliphatic rings. The number of hydrogen-bond acceptors (Lipinski definition) is 3. The molecule has 1 saturated carbocycles. The van der Waals surface area contributed by atoms with Gasteiger partial charge >= 0.3 is 6.03 Å². The van der Waals surface area contributed by atoms with Gasteiger partial charge in [0.05, 0.1) is 6.54 Å². The van der Waals surface area contributed by atoms with Gasteiger partial charge in [0.2, 0.25) is 0 Å². The standard InChI is InChI=1S/C25H31N3O3/c1-18-15-21(19(2)27(18)16-20-11-7-6-8-12-20)22(29)17-28-23(30)25(26-24(28)31)13-9-4-3-5-10-14-25/h6-8,11-12,15H,3-5,9-10,13-14,16-17H2,1-2H3,(H,26,31). The molecule has 2 heterocycles. The maximum Gasteiger partial charge on any atom is 0.325 e. The Kier molecular flexibility index (Phi) is 5.99. The molecular weight excluding hydrogens is 390 g/mol. The number of Topliss-reactive ketones (excluding diaryl/α,β-unsaturated/α-hetero) is 1. The molecule has 1 aromatic carbocycles. The van der Waals surface area contributed by atoms with Crippen molar-refractivity contribution in [2.75, 3.05) is 6.54 Å². The lowest BCUT2D eigenvalue weighted by Gasteiger charge is -2.28. The lowest BCUT2D eigenvalue weighted by Crippen LogP contribution is -2.47. The summed E-state index contributed by atoms with van der Waals surface area (Å²) in [5.74, 6) is -0.426. The fourth-order valence-electron chi connectivity index (χ4n) is 4.99. The molecule has 0 unspecified atom stereocenters. The zero-order valence-electron chi connectivity index (χ0n) is 18.4. The van der Waals surface area contributed by atoms with E-state index in [1.165, 1.54) is 6.42 Å². The van der Waals surface area contributed by atoms with E-state index in [0.717, 1.165) is 47.5 Å². The van der Waals surface area contributed by atoms with Crippen LogP contribution >= 0.6 is 0 Å². The molecule has 31 heavy (non-hydrogen) atoms. The molecule has 0 radical (unpaired) electrons. The Balaban J connectivity index is 1.51. The first-order chi connectivity index (χ1) is 14.9. The Morgan fingerprint density at radius 1 is 1.00 bits per heavy atom. The smallest absolute Gasteiger partial charge is 0.325 e. The number of carbonyl (C=O) groups excluding carboxylic acids is 3. The van der Waals surface area contributed by atoms with Crippen LogP contribution in [0.4, 0.5) is 4.79 Å². The Hall–Kier alpha value is -2.89. The number of benzene rings is 1. The monoisotopic (exact) mass is 421 g/mol. The minimum Gasteiger partial charge on any atom is -0.344 e. The molecule has 164 valence electrons. The van der Waals surface area contributed by atoms with Crippen LogP contribution in [0.15, 0.2) is 36.4 Å². The van der Waals surface area contributed by atoms with Crippen molar-refractivity contribution in [3.8, 4) is 0 Å². The number of amides is 3. The molecule has 6 nitrogen and oxygen atoms in total. The number of ketones is 1. The number of aryl methyl sites for hydroxylation is 1. The molecule has 1 N–H and O–H groups in total. The summed E-state index contributed by atoms with van der Waals surface area (Å²) in [5.41, 5.74) is 2.76. The molecule has 0 atom stereocenters. The Morgan fingerprint density at radius 3 is 2.32 bits per heavy atom. The van der Waals surface area contributed by atoms with Crippen molar-refractivity contribution in [2.24, 2.45) is 0 Å². The van der Waals surface area contributed by atoms with Crippen molar-refractivity contribution in [1.82, 2.24) is 14.8 Å². The maximum atomic E-state index is 13.2. The van der Waals surface area contributed by atoms with Crippen LogP contribution in [0.1, 0.15) is 72.3 Å². The third-order valence-corrected chi connectivity index (χ3v) is 6.81. The van der Waals surface area contributed by atoms with E-state index in [0.29, 0.717) is 24.9 Å². The van der Waals surface area contributed by atoms with Crippen LogP contribution in [0, 0.1) is 13.8 Å². The largest absolute Gasteiger partial charge is 0.344 e. The summed E-state index contributed by atoms with van der Waals surface area (Å²) in [7, 11) is 0. The second-order valence-electron chi connectivity index (χ2n) is 8.95. The average molecular weight is 422 g/mol. The first-order valence-corrected chi connectivity index (χ1v) is 11.3. The summed E-state index contributed by atoms with van der Waals surface area (Å²) in [6, 6.07) is 11.5. The molecule has 1 aliphatic heterocycles. The fourth-order valence-corrected chi connectivity index (χ4v) is 4.99. The molecular formula is C25H31N3O3. The molecule has 1 spiro atoms. The summed E-state index contributed by atoms with van der Waals surface area (Å²) in [5, 5.41) is 2.94. The summed E-state index contributed by atoms with van der Waals surface area (Å²) in [6.07, 6.45) is 6.51. The first kappa shape index (κ1) is 21.3. The van der Waals surface area contributed by atoms with E-state index >= 15 is 0 Å². The summed E-state index contributed by atoms with van der Waals surface area (Å²) in [6.45, 7) is 4.37. The van der Waals surface area contributed by atoms with Crippen molar-refractivity contribution in [2.45, 2.75) is 70.9 Å². The van der Waals surface area contributed by atoms with E-state index in [1.54, 1.807) is 0 Å². The van der Waals surface area contributed by atoms with Crippen LogP contribution in [-0.2, 0) is 11.3 Å². The van der Waals surface area contributed by atoms with Crippen molar-refractivity contribution in [1.29, 1.82) is 0 Å². The minimum atomic E-state index is -0.817. The van der Waals surface area contributed by atoms with Gasteiger partial charge in [0, 0.05) is 23.5 Å². The molecule has 1 aliphatic carbocycles. The number of urea groups is 1. The molecule has 2 aromatic rings. The van der Waals surface area contributed by atoms with Gasteiger partial charge < -0.3 is 9.88 Å². The van der Waals surface area contributed by atoms with Gasteiger partial charge in [0.1, 0.15) is 5.54 Å². The topological polar surface area (TPSA) is 71.4 Å². The highest BCUT2D eigenvalue weighted by Gasteiger charge is 2.50. The van der Waals surface area contributed by atoms with Gasteiger partial charge in [-0.25, -0.2) is 4.79 Å². The lowest BCUT2D eigenvalue weighted by atomic mass is 9.84. The van der Waals surface area contributed by atoms with Gasteiger partial charge in [-0.05, 0) is 38.3 Å². The van der Waals surface area contributed by atoms with E-state index in [1.807, 2.05) is 38.1 Å². The van der Waals surface area contributed by atoms with Gasteiger partial charge in [0.25, 0.3) is 5.91 Å². The van der Waals surface area contributed by atoms with E-state index in [-0.39, 0.29) is 18.2 Å². The van der Waals surface area contributed by atoms with Crippen LogP contribution in [0.2, 0.25) is 0 Å². The minimum absolute atomic E-state index is 0.196. The quantitative estimate of drug-likeness (QED) is 0.576. The van der Waals surface area contributed by atoms with Gasteiger partial charge in [-0.15, -0.1) is 0 Å². The molecule has 2 fully saturated rings. The molecule has 4 rings (SSSR count).